The Kier molecular flexibility index (Phi) is 13.5. The number of azo groups is 1. The summed E-state index contributed by atoms with van der Waals surface area (Å²) in [5.74, 6) is 0.626. The highest BCUT2D eigenvalue weighted by atomic mass is 15.3. The number of hydrogen-bond acceptors (Lipinski definition) is 5. The van der Waals surface area contributed by atoms with E-state index in [1.807, 2.05) is 36.2 Å². The van der Waals surface area contributed by atoms with Crippen LogP contribution in [0.15, 0.2) is 59.2 Å². The predicted octanol–water partition coefficient (Wildman–Crippen LogP) is 6.61. The molecule has 0 fully saturated rings. The molecule has 5 nitrogen and oxygen atoms in total. The fraction of sp³-hybridized carbons (Fsp3) is 0.583. The Morgan fingerprint density at radius 3 is 2.10 bits per heavy atom. The monoisotopic (exact) mass is 399 g/mol. The average molecular weight is 400 g/mol. The summed E-state index contributed by atoms with van der Waals surface area (Å²) in [4.78, 5) is 4.49. The van der Waals surface area contributed by atoms with E-state index in [1.54, 1.807) is 0 Å². The van der Waals surface area contributed by atoms with Crippen molar-refractivity contribution in [3.63, 3.8) is 0 Å². The van der Waals surface area contributed by atoms with Gasteiger partial charge >= 0.3 is 0 Å². The number of nitrogens with zero attached hydrogens (tertiary/aromatic N) is 4. The van der Waals surface area contributed by atoms with Gasteiger partial charge in [0.05, 0.1) is 5.69 Å². The van der Waals surface area contributed by atoms with Crippen molar-refractivity contribution in [3.8, 4) is 0 Å². The molecule has 29 heavy (non-hydrogen) atoms. The Labute approximate surface area is 178 Å². The minimum Gasteiger partial charge on any atom is -0.372 e. The van der Waals surface area contributed by atoms with Crippen LogP contribution >= 0.6 is 0 Å². The van der Waals surface area contributed by atoms with E-state index in [1.165, 1.54) is 44.2 Å². The molecule has 0 aliphatic heterocycles. The molecule has 162 valence electrons. The minimum absolute atomic E-state index is 0.626. The van der Waals surface area contributed by atoms with E-state index in [4.69, 9.17) is 5.73 Å². The molecule has 0 heterocycles. The summed E-state index contributed by atoms with van der Waals surface area (Å²) in [5.41, 5.74) is 7.73. The third kappa shape index (κ3) is 10.3. The van der Waals surface area contributed by atoms with Gasteiger partial charge in [-0.2, -0.15) is 0 Å². The van der Waals surface area contributed by atoms with E-state index in [0.717, 1.165) is 31.7 Å². The Morgan fingerprint density at radius 2 is 1.59 bits per heavy atom. The Hall–Kier alpha value is -2.14. The summed E-state index contributed by atoms with van der Waals surface area (Å²) >= 11 is 0. The zero-order valence-corrected chi connectivity index (χ0v) is 18.8. The lowest BCUT2D eigenvalue weighted by Crippen LogP contribution is -2.25. The summed E-state index contributed by atoms with van der Waals surface area (Å²) in [6, 6.07) is 8.40. The molecule has 0 radical (unpaired) electrons. The maximum absolute atomic E-state index is 5.61. The van der Waals surface area contributed by atoms with Crippen LogP contribution in [0.2, 0.25) is 0 Å². The van der Waals surface area contributed by atoms with Crippen molar-refractivity contribution >= 4 is 11.4 Å². The molecule has 0 spiro atoms. The van der Waals surface area contributed by atoms with Crippen LogP contribution in [0.25, 0.3) is 0 Å². The van der Waals surface area contributed by atoms with E-state index < -0.39 is 0 Å². The van der Waals surface area contributed by atoms with Gasteiger partial charge in [0.1, 0.15) is 5.82 Å². The van der Waals surface area contributed by atoms with Gasteiger partial charge in [-0.25, -0.2) is 0 Å². The minimum atomic E-state index is 0.626. The molecule has 0 aliphatic rings. The lowest BCUT2D eigenvalue weighted by Gasteiger charge is -2.25. The van der Waals surface area contributed by atoms with Crippen LogP contribution in [0.3, 0.4) is 0 Å². The molecule has 0 saturated heterocycles. The summed E-state index contributed by atoms with van der Waals surface area (Å²) < 4.78 is 0. The van der Waals surface area contributed by atoms with Gasteiger partial charge in [0.15, 0.2) is 0 Å². The molecule has 0 unspecified atom stereocenters. The van der Waals surface area contributed by atoms with Crippen molar-refractivity contribution in [1.82, 2.24) is 4.90 Å². The smallest absolute Gasteiger partial charge is 0.147 e. The summed E-state index contributed by atoms with van der Waals surface area (Å²) in [6.07, 6.45) is 12.4. The molecule has 5 heteroatoms. The largest absolute Gasteiger partial charge is 0.372 e. The quantitative estimate of drug-likeness (QED) is 0.251. The molecule has 0 saturated carbocycles. The molecule has 0 amide bonds. The summed E-state index contributed by atoms with van der Waals surface area (Å²) in [7, 11) is 0. The van der Waals surface area contributed by atoms with Gasteiger partial charge < -0.3 is 15.5 Å². The van der Waals surface area contributed by atoms with Gasteiger partial charge in [0.25, 0.3) is 0 Å². The predicted molar refractivity (Wildman–Crippen MR) is 127 cm³/mol. The summed E-state index contributed by atoms with van der Waals surface area (Å²) in [5, 5.41) is 8.68. The van der Waals surface area contributed by atoms with Gasteiger partial charge in [-0.3, -0.25) is 0 Å². The maximum Gasteiger partial charge on any atom is 0.147 e. The van der Waals surface area contributed by atoms with Crippen LogP contribution in [0.4, 0.5) is 11.4 Å². The second-order valence-electron chi connectivity index (χ2n) is 7.35. The van der Waals surface area contributed by atoms with Crippen LogP contribution in [0.5, 0.6) is 0 Å². The van der Waals surface area contributed by atoms with Gasteiger partial charge in [-0.15, -0.1) is 10.2 Å². The van der Waals surface area contributed by atoms with Gasteiger partial charge in [0, 0.05) is 31.5 Å². The van der Waals surface area contributed by atoms with E-state index in [2.05, 4.69) is 47.7 Å². The number of unbranched alkanes of at least 4 members (excludes halogenated alkanes) is 4. The lowest BCUT2D eigenvalue weighted by atomic mass is 10.2. The highest BCUT2D eigenvalue weighted by molar-refractivity contribution is 5.52. The highest BCUT2D eigenvalue weighted by Crippen LogP contribution is 2.22. The van der Waals surface area contributed by atoms with Gasteiger partial charge in [-0.1, -0.05) is 52.2 Å². The fourth-order valence-corrected chi connectivity index (χ4v) is 3.11. The van der Waals surface area contributed by atoms with E-state index in [9.17, 15) is 0 Å². The summed E-state index contributed by atoms with van der Waals surface area (Å²) in [6.45, 7) is 14.2. The number of anilines is 1. The van der Waals surface area contributed by atoms with Crippen molar-refractivity contribution in [2.24, 2.45) is 16.0 Å². The molecule has 0 atom stereocenters. The molecular formula is C24H41N5. The first-order chi connectivity index (χ1) is 14.2. The highest BCUT2D eigenvalue weighted by Gasteiger charge is 2.07. The standard InChI is InChI=1S/C24H41N5/c1-5-8-10-19-29(20-11-9-6-2)24-15-13-23(14-16-24)27-26-22(4)28(18-7-3)21-12-17-25/h7,13-16,18H,4-6,8-12,17,19-21,25H2,1-3H3/b18-7-,27-26+. The molecule has 0 bridgehead atoms. The molecule has 1 aromatic carbocycles. The van der Waals surface area contributed by atoms with Crippen molar-refractivity contribution in [1.29, 1.82) is 0 Å². The van der Waals surface area contributed by atoms with Crippen LogP contribution < -0.4 is 10.6 Å². The first-order valence-electron chi connectivity index (χ1n) is 11.2. The third-order valence-electron chi connectivity index (χ3n) is 4.82. The van der Waals surface area contributed by atoms with E-state index in [-0.39, 0.29) is 0 Å². The van der Waals surface area contributed by atoms with Crippen molar-refractivity contribution in [2.75, 3.05) is 31.1 Å². The van der Waals surface area contributed by atoms with Gasteiger partial charge in [0.2, 0.25) is 0 Å². The lowest BCUT2D eigenvalue weighted by molar-refractivity contribution is 0.447. The number of hydrogen-bond donors (Lipinski definition) is 1. The number of allylic oxidation sites excluding steroid dienone is 1. The topological polar surface area (TPSA) is 57.2 Å². The maximum atomic E-state index is 5.61. The Morgan fingerprint density at radius 1 is 0.966 bits per heavy atom. The fourth-order valence-electron chi connectivity index (χ4n) is 3.11. The molecule has 1 aromatic rings. The first kappa shape index (κ1) is 24.9. The molecular weight excluding hydrogens is 358 g/mol. The first-order valence-corrected chi connectivity index (χ1v) is 11.2. The van der Waals surface area contributed by atoms with Crippen LogP contribution in [-0.2, 0) is 0 Å². The number of benzene rings is 1. The number of rotatable bonds is 16. The van der Waals surface area contributed by atoms with Crippen molar-refractivity contribution in [2.45, 2.75) is 65.7 Å². The Bertz CT molecular complexity index is 596. The molecule has 0 aromatic heterocycles. The number of nitrogens with two attached hydrogens (primary N) is 1. The van der Waals surface area contributed by atoms with Crippen molar-refractivity contribution < 1.29 is 0 Å². The van der Waals surface area contributed by atoms with Crippen LogP contribution in [-0.4, -0.2) is 31.1 Å². The zero-order chi connectivity index (χ0) is 21.3. The van der Waals surface area contributed by atoms with E-state index in [0.29, 0.717) is 12.4 Å². The Balaban J connectivity index is 2.75. The molecule has 0 aliphatic carbocycles. The third-order valence-corrected chi connectivity index (χ3v) is 4.82. The van der Waals surface area contributed by atoms with E-state index >= 15 is 0 Å². The average Bonchev–Trinajstić information content (AvgIpc) is 2.74. The molecule has 2 N–H and O–H groups in total. The normalized spacial score (nSPS) is 11.4. The second-order valence-corrected chi connectivity index (χ2v) is 7.35. The van der Waals surface area contributed by atoms with Crippen LogP contribution in [0.1, 0.15) is 65.7 Å². The van der Waals surface area contributed by atoms with Gasteiger partial charge in [-0.05, 0) is 57.0 Å². The molecule has 1 rings (SSSR count). The van der Waals surface area contributed by atoms with Crippen LogP contribution in [0, 0.1) is 0 Å². The SMILES string of the molecule is C=C(/N=N/c1ccc(N(CCCCC)CCCCC)cc1)N(/C=C\C)CCCN. The van der Waals surface area contributed by atoms with Crippen molar-refractivity contribution in [3.05, 3.63) is 48.9 Å². The second kappa shape index (κ2) is 15.7. The zero-order valence-electron chi connectivity index (χ0n) is 18.8.